The van der Waals surface area contributed by atoms with E-state index in [2.05, 4.69) is 37.4 Å². The Bertz CT molecular complexity index is 407. The largest absolute Gasteiger partial charge is 0.306 e. The Morgan fingerprint density at radius 1 is 1.29 bits per heavy atom. The number of aryl methyl sites for hydroxylation is 2. The minimum atomic E-state index is -0.440. The molecule has 2 heteroatoms. The fraction of sp³-hybridized carbons (Fsp3) is 0.533. The number of rotatable bonds is 5. The van der Waals surface area contributed by atoms with Crippen molar-refractivity contribution >= 4 is 5.78 Å². The molecule has 0 aromatic heterocycles. The van der Waals surface area contributed by atoms with Crippen LogP contribution in [-0.2, 0) is 11.2 Å². The third kappa shape index (κ3) is 3.67. The van der Waals surface area contributed by atoms with E-state index in [0.717, 1.165) is 12.1 Å². The Kier molecular flexibility index (Phi) is 4.47. The second-order valence-electron chi connectivity index (χ2n) is 5.19. The zero-order chi connectivity index (χ0) is 13.1. The van der Waals surface area contributed by atoms with Crippen LogP contribution in [0.3, 0.4) is 0 Å². The predicted octanol–water partition coefficient (Wildman–Crippen LogP) is 2.80. The van der Waals surface area contributed by atoms with Crippen LogP contribution in [0.25, 0.3) is 0 Å². The maximum atomic E-state index is 12.2. The monoisotopic (exact) mass is 233 g/mol. The molecule has 0 aliphatic carbocycles. The van der Waals surface area contributed by atoms with Crippen molar-refractivity contribution in [1.29, 1.82) is 0 Å². The second kappa shape index (κ2) is 5.46. The van der Waals surface area contributed by atoms with Gasteiger partial charge in [0.2, 0.25) is 0 Å². The van der Waals surface area contributed by atoms with E-state index in [0.29, 0.717) is 6.42 Å². The van der Waals surface area contributed by atoms with E-state index in [4.69, 9.17) is 0 Å². The van der Waals surface area contributed by atoms with Crippen LogP contribution in [0.4, 0.5) is 0 Å². The molecule has 1 rings (SSSR count). The first-order valence-electron chi connectivity index (χ1n) is 6.21. The van der Waals surface area contributed by atoms with Gasteiger partial charge in [0.25, 0.3) is 0 Å². The van der Waals surface area contributed by atoms with E-state index in [1.807, 2.05) is 20.8 Å². The Morgan fingerprint density at radius 3 is 2.53 bits per heavy atom. The molecule has 0 bridgehead atoms. The van der Waals surface area contributed by atoms with Crippen LogP contribution in [0.2, 0.25) is 0 Å². The zero-order valence-electron chi connectivity index (χ0n) is 11.6. The lowest BCUT2D eigenvalue weighted by Gasteiger charge is -2.24. The van der Waals surface area contributed by atoms with Gasteiger partial charge in [0.15, 0.2) is 5.78 Å². The molecule has 17 heavy (non-hydrogen) atoms. The molecule has 0 amide bonds. The molecule has 94 valence electrons. The van der Waals surface area contributed by atoms with Crippen LogP contribution in [0.15, 0.2) is 18.2 Å². The molecule has 0 fully saturated rings. The lowest BCUT2D eigenvalue weighted by atomic mass is 9.91. The first-order valence-corrected chi connectivity index (χ1v) is 6.21. The standard InChI is InChI=1S/C15H23NO/c1-6-16-15(4,5)14(17)10-13-9-11(2)7-8-12(13)3/h7-9,16H,6,10H2,1-5H3. The van der Waals surface area contributed by atoms with E-state index in [9.17, 15) is 4.79 Å². The number of Topliss-reactive ketones (excluding diaryl/α,β-unsaturated/α-hetero) is 1. The molecule has 0 atom stereocenters. The lowest BCUT2D eigenvalue weighted by Crippen LogP contribution is -2.47. The number of hydrogen-bond acceptors (Lipinski definition) is 2. The fourth-order valence-corrected chi connectivity index (χ4v) is 1.93. The van der Waals surface area contributed by atoms with Crippen molar-refractivity contribution in [3.05, 3.63) is 34.9 Å². The van der Waals surface area contributed by atoms with Crippen LogP contribution in [-0.4, -0.2) is 17.9 Å². The lowest BCUT2D eigenvalue weighted by molar-refractivity contribution is -0.123. The Labute approximate surface area is 104 Å². The van der Waals surface area contributed by atoms with Crippen LogP contribution in [0.5, 0.6) is 0 Å². The Morgan fingerprint density at radius 2 is 1.94 bits per heavy atom. The van der Waals surface area contributed by atoms with Crippen LogP contribution in [0, 0.1) is 13.8 Å². The van der Waals surface area contributed by atoms with Gasteiger partial charge in [0, 0.05) is 6.42 Å². The molecule has 0 aliphatic heterocycles. The average Bonchev–Trinajstić information content (AvgIpc) is 2.23. The third-order valence-electron chi connectivity index (χ3n) is 3.17. The summed E-state index contributed by atoms with van der Waals surface area (Å²) >= 11 is 0. The molecule has 0 unspecified atom stereocenters. The number of benzene rings is 1. The van der Waals surface area contributed by atoms with Gasteiger partial charge >= 0.3 is 0 Å². The predicted molar refractivity (Wildman–Crippen MR) is 72.4 cm³/mol. The molecule has 0 spiro atoms. The molecule has 0 radical (unpaired) electrons. The van der Waals surface area contributed by atoms with E-state index in [1.54, 1.807) is 0 Å². The zero-order valence-corrected chi connectivity index (χ0v) is 11.6. The second-order valence-corrected chi connectivity index (χ2v) is 5.19. The number of hydrogen-bond donors (Lipinski definition) is 1. The van der Waals surface area contributed by atoms with Crippen LogP contribution < -0.4 is 5.32 Å². The highest BCUT2D eigenvalue weighted by molar-refractivity contribution is 5.89. The molecule has 0 saturated carbocycles. The molecule has 1 N–H and O–H groups in total. The molecule has 0 saturated heterocycles. The highest BCUT2D eigenvalue weighted by Crippen LogP contribution is 2.15. The minimum absolute atomic E-state index is 0.244. The summed E-state index contributed by atoms with van der Waals surface area (Å²) in [6.45, 7) is 10.8. The topological polar surface area (TPSA) is 29.1 Å². The quantitative estimate of drug-likeness (QED) is 0.847. The number of carbonyl (C=O) groups is 1. The molecule has 1 aromatic rings. The smallest absolute Gasteiger partial charge is 0.156 e. The first kappa shape index (κ1) is 13.9. The average molecular weight is 233 g/mol. The van der Waals surface area contributed by atoms with Crippen molar-refractivity contribution in [1.82, 2.24) is 5.32 Å². The summed E-state index contributed by atoms with van der Waals surface area (Å²) in [4.78, 5) is 12.2. The maximum absolute atomic E-state index is 12.2. The van der Waals surface area contributed by atoms with Gasteiger partial charge in [-0.1, -0.05) is 30.7 Å². The highest BCUT2D eigenvalue weighted by Gasteiger charge is 2.26. The number of ketones is 1. The van der Waals surface area contributed by atoms with Gasteiger partial charge in [-0.3, -0.25) is 4.79 Å². The van der Waals surface area contributed by atoms with Crippen molar-refractivity contribution in [3.8, 4) is 0 Å². The third-order valence-corrected chi connectivity index (χ3v) is 3.17. The summed E-state index contributed by atoms with van der Waals surface area (Å²) in [6, 6.07) is 6.27. The Hall–Kier alpha value is -1.15. The van der Waals surface area contributed by atoms with Crippen molar-refractivity contribution in [2.45, 2.75) is 46.6 Å². The Balaban J connectivity index is 2.84. The van der Waals surface area contributed by atoms with Gasteiger partial charge in [-0.15, -0.1) is 0 Å². The van der Waals surface area contributed by atoms with Gasteiger partial charge in [-0.05, 0) is 45.4 Å². The summed E-state index contributed by atoms with van der Waals surface area (Å²) in [5.41, 5.74) is 3.10. The molecule has 2 nitrogen and oxygen atoms in total. The fourth-order valence-electron chi connectivity index (χ4n) is 1.93. The first-order chi connectivity index (χ1) is 7.86. The molecule has 0 heterocycles. The van der Waals surface area contributed by atoms with E-state index in [1.165, 1.54) is 11.1 Å². The van der Waals surface area contributed by atoms with E-state index in [-0.39, 0.29) is 5.78 Å². The maximum Gasteiger partial charge on any atom is 0.156 e. The molecular formula is C15H23NO. The summed E-state index contributed by atoms with van der Waals surface area (Å²) in [7, 11) is 0. The summed E-state index contributed by atoms with van der Waals surface area (Å²) in [5.74, 6) is 0.244. The normalized spacial score (nSPS) is 11.6. The van der Waals surface area contributed by atoms with Crippen molar-refractivity contribution in [2.75, 3.05) is 6.54 Å². The van der Waals surface area contributed by atoms with Crippen molar-refractivity contribution < 1.29 is 4.79 Å². The number of nitrogens with one attached hydrogen (secondary N) is 1. The number of likely N-dealkylation sites (N-methyl/N-ethyl adjacent to an activating group) is 1. The van der Waals surface area contributed by atoms with Gasteiger partial charge in [0.1, 0.15) is 0 Å². The minimum Gasteiger partial charge on any atom is -0.306 e. The summed E-state index contributed by atoms with van der Waals surface area (Å²) in [6.07, 6.45) is 0.507. The molecule has 1 aromatic carbocycles. The molecular weight excluding hydrogens is 210 g/mol. The van der Waals surface area contributed by atoms with Gasteiger partial charge in [-0.2, -0.15) is 0 Å². The van der Waals surface area contributed by atoms with Crippen LogP contribution >= 0.6 is 0 Å². The highest BCUT2D eigenvalue weighted by atomic mass is 16.1. The van der Waals surface area contributed by atoms with Gasteiger partial charge < -0.3 is 5.32 Å². The number of carbonyl (C=O) groups excluding carboxylic acids is 1. The SMILES string of the molecule is CCNC(C)(C)C(=O)Cc1cc(C)ccc1C. The van der Waals surface area contributed by atoms with Gasteiger partial charge in [0.05, 0.1) is 5.54 Å². The molecule has 0 aliphatic rings. The summed E-state index contributed by atoms with van der Waals surface area (Å²) in [5, 5.41) is 3.23. The van der Waals surface area contributed by atoms with E-state index >= 15 is 0 Å². The summed E-state index contributed by atoms with van der Waals surface area (Å²) < 4.78 is 0. The van der Waals surface area contributed by atoms with Crippen molar-refractivity contribution in [3.63, 3.8) is 0 Å². The van der Waals surface area contributed by atoms with E-state index < -0.39 is 5.54 Å². The van der Waals surface area contributed by atoms with Crippen molar-refractivity contribution in [2.24, 2.45) is 0 Å². The van der Waals surface area contributed by atoms with Crippen LogP contribution in [0.1, 0.15) is 37.5 Å². The van der Waals surface area contributed by atoms with Gasteiger partial charge in [-0.25, -0.2) is 0 Å².